The standard InChI is InChI=1S/C17H26N2O3S/c1-14(20)19-12-10-16(11-13-19)5-3-2-4-15-6-8-17(9-7-15)23(18,21)22/h6-9,16H,2-5,10-13H2,1H3,(H2,18,21,22). The molecular weight excluding hydrogens is 312 g/mol. The topological polar surface area (TPSA) is 80.5 Å². The molecule has 1 amide bonds. The Labute approximate surface area is 138 Å². The predicted molar refractivity (Wildman–Crippen MR) is 90.3 cm³/mol. The number of nitrogens with zero attached hydrogens (tertiary/aromatic N) is 1. The van der Waals surface area contributed by atoms with Crippen molar-refractivity contribution in [3.05, 3.63) is 29.8 Å². The summed E-state index contributed by atoms with van der Waals surface area (Å²) in [7, 11) is -3.60. The van der Waals surface area contributed by atoms with Crippen LogP contribution in [-0.2, 0) is 21.2 Å². The van der Waals surface area contributed by atoms with Crippen molar-refractivity contribution in [3.8, 4) is 0 Å². The van der Waals surface area contributed by atoms with Crippen LogP contribution in [0.4, 0.5) is 0 Å². The SMILES string of the molecule is CC(=O)N1CCC(CCCCc2ccc(S(N)(=O)=O)cc2)CC1. The first-order valence-corrected chi connectivity index (χ1v) is 9.78. The number of nitrogens with two attached hydrogens (primary N) is 1. The highest BCUT2D eigenvalue weighted by atomic mass is 32.2. The molecule has 1 heterocycles. The van der Waals surface area contributed by atoms with Crippen LogP contribution in [0.5, 0.6) is 0 Å². The van der Waals surface area contributed by atoms with E-state index >= 15 is 0 Å². The summed E-state index contributed by atoms with van der Waals surface area (Å²) in [4.78, 5) is 13.4. The highest BCUT2D eigenvalue weighted by Crippen LogP contribution is 2.23. The van der Waals surface area contributed by atoms with Gasteiger partial charge < -0.3 is 4.90 Å². The third kappa shape index (κ3) is 5.62. The molecule has 0 unspecified atom stereocenters. The molecule has 0 aliphatic carbocycles. The van der Waals surface area contributed by atoms with E-state index in [1.807, 2.05) is 17.0 Å². The first-order valence-electron chi connectivity index (χ1n) is 8.23. The molecule has 6 heteroatoms. The molecule has 0 saturated carbocycles. The molecule has 0 radical (unpaired) electrons. The van der Waals surface area contributed by atoms with Gasteiger partial charge in [0.2, 0.25) is 15.9 Å². The van der Waals surface area contributed by atoms with Crippen molar-refractivity contribution in [2.75, 3.05) is 13.1 Å². The highest BCUT2D eigenvalue weighted by molar-refractivity contribution is 7.89. The van der Waals surface area contributed by atoms with Crippen LogP contribution in [-0.4, -0.2) is 32.3 Å². The number of primary sulfonamides is 1. The minimum Gasteiger partial charge on any atom is -0.343 e. The van der Waals surface area contributed by atoms with Gasteiger partial charge in [-0.2, -0.15) is 0 Å². The molecule has 1 aromatic carbocycles. The highest BCUT2D eigenvalue weighted by Gasteiger charge is 2.20. The lowest BCUT2D eigenvalue weighted by Gasteiger charge is -2.31. The van der Waals surface area contributed by atoms with Crippen molar-refractivity contribution in [2.24, 2.45) is 11.1 Å². The third-order valence-electron chi connectivity index (χ3n) is 4.64. The molecule has 2 rings (SSSR count). The predicted octanol–water partition coefficient (Wildman–Crippen LogP) is 2.31. The van der Waals surface area contributed by atoms with Gasteiger partial charge in [-0.3, -0.25) is 4.79 Å². The minimum absolute atomic E-state index is 0.165. The van der Waals surface area contributed by atoms with Gasteiger partial charge >= 0.3 is 0 Å². The zero-order valence-corrected chi connectivity index (χ0v) is 14.5. The van der Waals surface area contributed by atoms with Gasteiger partial charge in [-0.15, -0.1) is 0 Å². The van der Waals surface area contributed by atoms with Gasteiger partial charge in [0.1, 0.15) is 0 Å². The molecule has 23 heavy (non-hydrogen) atoms. The summed E-state index contributed by atoms with van der Waals surface area (Å²) < 4.78 is 22.4. The molecule has 1 aliphatic rings. The summed E-state index contributed by atoms with van der Waals surface area (Å²) in [5.74, 6) is 0.918. The van der Waals surface area contributed by atoms with Crippen molar-refractivity contribution in [1.82, 2.24) is 4.90 Å². The second kappa shape index (κ2) is 7.93. The number of amides is 1. The van der Waals surface area contributed by atoms with Gasteiger partial charge in [-0.1, -0.05) is 25.0 Å². The Morgan fingerprint density at radius 3 is 2.30 bits per heavy atom. The third-order valence-corrected chi connectivity index (χ3v) is 5.57. The summed E-state index contributed by atoms with van der Waals surface area (Å²) in [6.07, 6.45) is 6.66. The number of unbranched alkanes of at least 4 members (excludes halogenated alkanes) is 1. The molecule has 1 saturated heterocycles. The maximum atomic E-state index is 11.3. The second-order valence-corrected chi connectivity index (χ2v) is 7.95. The largest absolute Gasteiger partial charge is 0.343 e. The van der Waals surface area contributed by atoms with Gasteiger partial charge in [0, 0.05) is 20.0 Å². The van der Waals surface area contributed by atoms with Crippen LogP contribution in [0.1, 0.15) is 44.6 Å². The van der Waals surface area contributed by atoms with E-state index in [1.54, 1.807) is 19.1 Å². The Morgan fingerprint density at radius 2 is 1.78 bits per heavy atom. The number of aryl methyl sites for hydroxylation is 1. The molecule has 0 spiro atoms. The number of carbonyl (C=O) groups is 1. The molecule has 5 nitrogen and oxygen atoms in total. The molecular formula is C17H26N2O3S. The molecule has 2 N–H and O–H groups in total. The van der Waals surface area contributed by atoms with E-state index in [4.69, 9.17) is 5.14 Å². The number of sulfonamides is 1. The van der Waals surface area contributed by atoms with Gasteiger partial charge in [0.05, 0.1) is 4.90 Å². The first-order chi connectivity index (χ1) is 10.9. The van der Waals surface area contributed by atoms with E-state index in [0.717, 1.165) is 50.3 Å². The Morgan fingerprint density at radius 1 is 1.17 bits per heavy atom. The quantitative estimate of drug-likeness (QED) is 0.808. The summed E-state index contributed by atoms with van der Waals surface area (Å²) in [5, 5.41) is 5.09. The zero-order chi connectivity index (χ0) is 16.9. The fourth-order valence-electron chi connectivity index (χ4n) is 3.14. The normalized spacial score (nSPS) is 16.5. The molecule has 128 valence electrons. The van der Waals surface area contributed by atoms with Crippen LogP contribution in [0.3, 0.4) is 0 Å². The zero-order valence-electron chi connectivity index (χ0n) is 13.7. The monoisotopic (exact) mass is 338 g/mol. The molecule has 1 aromatic rings. The number of hydrogen-bond acceptors (Lipinski definition) is 3. The van der Waals surface area contributed by atoms with Gasteiger partial charge in [-0.25, -0.2) is 13.6 Å². The van der Waals surface area contributed by atoms with Crippen LogP contribution in [0.25, 0.3) is 0 Å². The number of benzene rings is 1. The summed E-state index contributed by atoms with van der Waals surface area (Å²) in [6.45, 7) is 3.44. The van der Waals surface area contributed by atoms with Crippen LogP contribution in [0.15, 0.2) is 29.2 Å². The number of carbonyl (C=O) groups excluding carboxylic acids is 1. The Hall–Kier alpha value is -1.40. The fourth-order valence-corrected chi connectivity index (χ4v) is 3.66. The first kappa shape index (κ1) is 17.9. The average Bonchev–Trinajstić information content (AvgIpc) is 2.51. The van der Waals surface area contributed by atoms with Gasteiger partial charge in [-0.05, 0) is 49.3 Å². The van der Waals surface area contributed by atoms with E-state index in [9.17, 15) is 13.2 Å². The molecule has 1 aliphatic heterocycles. The lowest BCUT2D eigenvalue weighted by atomic mass is 9.91. The van der Waals surface area contributed by atoms with E-state index in [0.29, 0.717) is 0 Å². The lowest BCUT2D eigenvalue weighted by molar-refractivity contribution is -0.130. The fraction of sp³-hybridized carbons (Fsp3) is 0.588. The Balaban J connectivity index is 1.67. The molecule has 1 fully saturated rings. The smallest absolute Gasteiger partial charge is 0.238 e. The summed E-state index contributed by atoms with van der Waals surface area (Å²) in [5.41, 5.74) is 1.14. The minimum atomic E-state index is -3.60. The van der Waals surface area contributed by atoms with Crippen molar-refractivity contribution in [2.45, 2.75) is 50.3 Å². The number of hydrogen-bond donors (Lipinski definition) is 1. The second-order valence-electron chi connectivity index (χ2n) is 6.38. The van der Waals surface area contributed by atoms with Crippen LogP contribution < -0.4 is 5.14 Å². The van der Waals surface area contributed by atoms with Crippen molar-refractivity contribution < 1.29 is 13.2 Å². The van der Waals surface area contributed by atoms with E-state index < -0.39 is 10.0 Å². The van der Waals surface area contributed by atoms with E-state index in [1.165, 1.54) is 12.8 Å². The number of piperidine rings is 1. The van der Waals surface area contributed by atoms with Crippen LogP contribution in [0, 0.1) is 5.92 Å². The van der Waals surface area contributed by atoms with Crippen LogP contribution in [0.2, 0.25) is 0 Å². The van der Waals surface area contributed by atoms with Crippen molar-refractivity contribution in [1.29, 1.82) is 0 Å². The van der Waals surface area contributed by atoms with Crippen molar-refractivity contribution >= 4 is 15.9 Å². The molecule has 0 atom stereocenters. The maximum Gasteiger partial charge on any atom is 0.238 e. The summed E-state index contributed by atoms with van der Waals surface area (Å²) in [6, 6.07) is 6.82. The van der Waals surface area contributed by atoms with Gasteiger partial charge in [0.15, 0.2) is 0 Å². The number of likely N-dealkylation sites (tertiary alicyclic amines) is 1. The summed E-state index contributed by atoms with van der Waals surface area (Å²) >= 11 is 0. The van der Waals surface area contributed by atoms with Crippen molar-refractivity contribution in [3.63, 3.8) is 0 Å². The Bertz CT molecular complexity index is 618. The van der Waals surface area contributed by atoms with E-state index in [-0.39, 0.29) is 10.8 Å². The maximum absolute atomic E-state index is 11.3. The Kier molecular flexibility index (Phi) is 6.18. The average molecular weight is 338 g/mol. The number of rotatable bonds is 6. The lowest BCUT2D eigenvalue weighted by Crippen LogP contribution is -2.36. The van der Waals surface area contributed by atoms with E-state index in [2.05, 4.69) is 0 Å². The molecule has 0 aromatic heterocycles. The van der Waals surface area contributed by atoms with Crippen LogP contribution >= 0.6 is 0 Å². The molecule has 0 bridgehead atoms. The van der Waals surface area contributed by atoms with Gasteiger partial charge in [0.25, 0.3) is 0 Å².